The van der Waals surface area contributed by atoms with Gasteiger partial charge < -0.3 is 14.0 Å². The van der Waals surface area contributed by atoms with Gasteiger partial charge in [0, 0.05) is 51.2 Å². The number of hydrogen-bond acceptors (Lipinski definition) is 7. The second-order valence-corrected chi connectivity index (χ2v) is 18.4. The number of aryl methyl sites for hydroxylation is 1. The van der Waals surface area contributed by atoms with E-state index in [1.807, 2.05) is 22.9 Å². The fraction of sp³-hybridized carbons (Fsp3) is 0.406. The molecule has 0 radical (unpaired) electrons. The first kappa shape index (κ1) is 30.9. The first-order valence-corrected chi connectivity index (χ1v) is 18.6. The maximum Gasteiger partial charge on any atom is 0.434 e. The lowest BCUT2D eigenvalue weighted by molar-refractivity contribution is -0.140. The number of pyridine rings is 1. The Kier molecular flexibility index (Phi) is 8.25. The lowest BCUT2D eigenvalue weighted by Gasteiger charge is -2.16. The topological polar surface area (TPSA) is 92.8 Å². The van der Waals surface area contributed by atoms with Crippen LogP contribution in [0.1, 0.15) is 41.4 Å². The first-order chi connectivity index (χ1) is 21.4. The number of rotatable bonds is 11. The van der Waals surface area contributed by atoms with Gasteiger partial charge in [0.2, 0.25) is 5.88 Å². The molecule has 13 heteroatoms. The Morgan fingerprint density at radius 2 is 1.80 bits per heavy atom. The van der Waals surface area contributed by atoms with Crippen LogP contribution in [-0.2, 0) is 31.1 Å². The number of ether oxygens (including phenoxy) is 2. The monoisotopic (exact) mass is 635 g/mol. The van der Waals surface area contributed by atoms with Gasteiger partial charge in [-0.1, -0.05) is 43.9 Å². The summed E-state index contributed by atoms with van der Waals surface area (Å²) < 4.78 is 54.7. The molecule has 236 valence electrons. The number of hydrogen-bond donors (Lipinski definition) is 0. The van der Waals surface area contributed by atoms with Crippen LogP contribution in [0.2, 0.25) is 25.7 Å². The van der Waals surface area contributed by atoms with E-state index in [0.29, 0.717) is 42.8 Å². The molecule has 1 aliphatic rings. The van der Waals surface area contributed by atoms with Gasteiger partial charge in [-0.25, -0.2) is 19.6 Å². The Morgan fingerprint density at radius 1 is 1.04 bits per heavy atom. The fourth-order valence-electron chi connectivity index (χ4n) is 5.33. The van der Waals surface area contributed by atoms with Crippen molar-refractivity contribution in [1.29, 1.82) is 0 Å². The van der Waals surface area contributed by atoms with Gasteiger partial charge in [0.05, 0.1) is 36.0 Å². The fourth-order valence-corrected chi connectivity index (χ4v) is 6.08. The van der Waals surface area contributed by atoms with Crippen molar-refractivity contribution >= 4 is 19.0 Å². The highest BCUT2D eigenvalue weighted by Gasteiger charge is 2.34. The third-order valence-electron chi connectivity index (χ3n) is 7.95. The molecular weight excluding hydrogens is 599 g/mol. The number of halogens is 3. The molecule has 0 bridgehead atoms. The van der Waals surface area contributed by atoms with Crippen molar-refractivity contribution in [3.8, 4) is 28.5 Å². The van der Waals surface area contributed by atoms with Crippen LogP contribution in [0.3, 0.4) is 0 Å². The minimum atomic E-state index is -4.50. The number of imidazole rings is 1. The number of aromatic nitrogens is 7. The molecule has 0 atom stereocenters. The van der Waals surface area contributed by atoms with Crippen molar-refractivity contribution in [1.82, 2.24) is 34.3 Å². The van der Waals surface area contributed by atoms with Gasteiger partial charge in [-0.15, -0.1) is 0 Å². The molecule has 0 amide bonds. The van der Waals surface area contributed by atoms with Crippen molar-refractivity contribution < 1.29 is 22.6 Å². The van der Waals surface area contributed by atoms with E-state index < -0.39 is 19.9 Å². The van der Waals surface area contributed by atoms with E-state index in [-0.39, 0.29) is 5.82 Å². The molecule has 6 rings (SSSR count). The number of alkyl halides is 3. The molecule has 0 spiro atoms. The lowest BCUT2D eigenvalue weighted by atomic mass is 10.0. The summed E-state index contributed by atoms with van der Waals surface area (Å²) in [5.41, 5.74) is 4.77. The quantitative estimate of drug-likeness (QED) is 0.113. The van der Waals surface area contributed by atoms with E-state index >= 15 is 0 Å². The summed E-state index contributed by atoms with van der Waals surface area (Å²) >= 11 is 0. The van der Waals surface area contributed by atoms with E-state index in [4.69, 9.17) is 19.6 Å². The second-order valence-electron chi connectivity index (χ2n) is 12.7. The summed E-state index contributed by atoms with van der Waals surface area (Å²) in [4.78, 5) is 17.5. The van der Waals surface area contributed by atoms with Gasteiger partial charge in [-0.05, 0) is 30.5 Å². The van der Waals surface area contributed by atoms with E-state index in [0.717, 1.165) is 58.5 Å². The van der Waals surface area contributed by atoms with Gasteiger partial charge >= 0.3 is 6.18 Å². The predicted molar refractivity (Wildman–Crippen MR) is 168 cm³/mol. The molecule has 0 N–H and O–H groups in total. The Balaban J connectivity index is 1.36. The summed E-state index contributed by atoms with van der Waals surface area (Å²) in [7, 11) is 1.89. The highest BCUT2D eigenvalue weighted by atomic mass is 28.3. The van der Waals surface area contributed by atoms with E-state index in [1.54, 1.807) is 32.5 Å². The normalized spacial score (nSPS) is 14.0. The van der Waals surface area contributed by atoms with Gasteiger partial charge in [-0.2, -0.15) is 18.3 Å². The number of methoxy groups -OCH3 is 1. The molecule has 1 aliphatic carbocycles. The third-order valence-corrected chi connectivity index (χ3v) is 9.65. The smallest absolute Gasteiger partial charge is 0.434 e. The summed E-state index contributed by atoms with van der Waals surface area (Å²) in [5, 5.41) is 5.77. The lowest BCUT2D eigenvalue weighted by Crippen LogP contribution is -2.22. The standard InChI is InChI=1S/C32H36F3N7O2Si/c1-41-17-27(32(33,34)35)39-30(41)22-8-6-20(7-9-22)14-26-23-15-24(28-29(21-10-11-21)37-18-38-31(28)43-2)36-16-25(23)40-42(26)19-44-12-13-45(3,4)5/h6-9,15-18,21H,10-14,19H2,1-5H3. The van der Waals surface area contributed by atoms with Gasteiger partial charge in [0.15, 0.2) is 5.69 Å². The minimum absolute atomic E-state index is 0.251. The summed E-state index contributed by atoms with van der Waals surface area (Å²) in [6.07, 6.45) is 2.45. The maximum absolute atomic E-state index is 13.2. The van der Waals surface area contributed by atoms with Crippen LogP contribution >= 0.6 is 0 Å². The Bertz CT molecular complexity index is 1820. The van der Waals surface area contributed by atoms with Crippen LogP contribution in [0.4, 0.5) is 13.2 Å². The summed E-state index contributed by atoms with van der Waals surface area (Å²) in [6.45, 7) is 7.88. The van der Waals surface area contributed by atoms with Crippen molar-refractivity contribution in [2.24, 2.45) is 7.05 Å². The molecule has 9 nitrogen and oxygen atoms in total. The molecule has 45 heavy (non-hydrogen) atoms. The zero-order valence-electron chi connectivity index (χ0n) is 26.0. The maximum atomic E-state index is 13.2. The zero-order chi connectivity index (χ0) is 31.9. The molecule has 4 aromatic heterocycles. The molecule has 1 fully saturated rings. The predicted octanol–water partition coefficient (Wildman–Crippen LogP) is 7.10. The SMILES string of the molecule is COc1ncnc(C2CC2)c1-c1cc2c(Cc3ccc(-c4nc(C(F)(F)F)cn4C)cc3)n(COCC[Si](C)(C)C)nc2cn1. The molecule has 0 saturated heterocycles. The van der Waals surface area contributed by atoms with Crippen LogP contribution in [0, 0.1) is 0 Å². The molecular formula is C32H36F3N7O2Si. The number of fused-ring (bicyclic) bond motifs is 1. The molecule has 1 aromatic carbocycles. The Hall–Kier alpha value is -4.10. The van der Waals surface area contributed by atoms with E-state index in [1.165, 1.54) is 10.9 Å². The molecule has 5 aromatic rings. The molecule has 0 unspecified atom stereocenters. The summed E-state index contributed by atoms with van der Waals surface area (Å²) in [6, 6.07) is 10.5. The molecule has 4 heterocycles. The number of benzene rings is 1. The highest BCUT2D eigenvalue weighted by Crippen LogP contribution is 2.45. The molecule has 0 aliphatic heterocycles. The minimum Gasteiger partial charge on any atom is -0.480 e. The van der Waals surface area contributed by atoms with Gasteiger partial charge in [0.1, 0.15) is 24.4 Å². The van der Waals surface area contributed by atoms with Crippen molar-refractivity contribution in [2.75, 3.05) is 13.7 Å². The van der Waals surface area contributed by atoms with Crippen molar-refractivity contribution in [2.45, 2.75) is 63.8 Å². The largest absolute Gasteiger partial charge is 0.480 e. The second kappa shape index (κ2) is 12.0. The summed E-state index contributed by atoms with van der Waals surface area (Å²) in [5.74, 6) is 1.10. The van der Waals surface area contributed by atoms with E-state index in [2.05, 4.69) is 34.6 Å². The number of nitrogens with zero attached hydrogens (tertiary/aromatic N) is 7. The van der Waals surface area contributed by atoms with Gasteiger partial charge in [-0.3, -0.25) is 4.98 Å². The van der Waals surface area contributed by atoms with Crippen LogP contribution < -0.4 is 4.74 Å². The third kappa shape index (κ3) is 6.78. The van der Waals surface area contributed by atoms with Crippen LogP contribution in [0.25, 0.3) is 33.5 Å². The average molecular weight is 636 g/mol. The Morgan fingerprint density at radius 3 is 2.44 bits per heavy atom. The van der Waals surface area contributed by atoms with Crippen LogP contribution in [0.15, 0.2) is 49.1 Å². The van der Waals surface area contributed by atoms with Crippen molar-refractivity contribution in [3.05, 3.63) is 71.7 Å². The van der Waals surface area contributed by atoms with E-state index in [9.17, 15) is 13.2 Å². The zero-order valence-corrected chi connectivity index (χ0v) is 27.0. The van der Waals surface area contributed by atoms with Crippen LogP contribution in [-0.4, -0.2) is 56.1 Å². The van der Waals surface area contributed by atoms with Crippen LogP contribution in [0.5, 0.6) is 5.88 Å². The highest BCUT2D eigenvalue weighted by molar-refractivity contribution is 6.76. The van der Waals surface area contributed by atoms with Gasteiger partial charge in [0.25, 0.3) is 0 Å². The average Bonchev–Trinajstić information content (AvgIpc) is 3.68. The van der Waals surface area contributed by atoms with Crippen molar-refractivity contribution in [3.63, 3.8) is 0 Å². The Labute approximate surface area is 260 Å². The first-order valence-electron chi connectivity index (χ1n) is 14.9. The molecule has 1 saturated carbocycles.